The zero-order valence-corrected chi connectivity index (χ0v) is 17.0. The molecule has 0 spiro atoms. The molecule has 4 heteroatoms. The van der Waals surface area contributed by atoms with Gasteiger partial charge >= 0.3 is 0 Å². The maximum absolute atomic E-state index is 12.7. The average Bonchev–Trinajstić information content (AvgIpc) is 3.55. The summed E-state index contributed by atoms with van der Waals surface area (Å²) in [7, 11) is 0. The molecule has 1 aromatic heterocycles. The van der Waals surface area contributed by atoms with Crippen molar-refractivity contribution < 1.29 is 9.90 Å². The zero-order valence-electron chi connectivity index (χ0n) is 17.0. The fraction of sp³-hybridized carbons (Fsp3) is 0.308. The second kappa shape index (κ2) is 8.04. The van der Waals surface area contributed by atoms with Gasteiger partial charge in [0, 0.05) is 25.2 Å². The van der Waals surface area contributed by atoms with Crippen LogP contribution in [0.25, 0.3) is 11.1 Å². The van der Waals surface area contributed by atoms with Crippen molar-refractivity contribution in [2.45, 2.75) is 37.7 Å². The van der Waals surface area contributed by atoms with Gasteiger partial charge in [-0.3, -0.25) is 9.78 Å². The van der Waals surface area contributed by atoms with Gasteiger partial charge in [-0.25, -0.2) is 0 Å². The third-order valence-electron chi connectivity index (χ3n) is 6.40. The van der Waals surface area contributed by atoms with Gasteiger partial charge in [-0.2, -0.15) is 0 Å². The molecular formula is C26H26N2O2. The highest BCUT2D eigenvalue weighted by atomic mass is 16.3. The first-order valence-corrected chi connectivity index (χ1v) is 10.8. The number of amides is 1. The monoisotopic (exact) mass is 398 g/mol. The third kappa shape index (κ3) is 3.63. The van der Waals surface area contributed by atoms with Crippen molar-refractivity contribution in [1.29, 1.82) is 0 Å². The Balaban J connectivity index is 1.39. The number of likely N-dealkylation sites (tertiary alicyclic amines) is 1. The highest BCUT2D eigenvalue weighted by molar-refractivity contribution is 5.92. The molecule has 1 amide bonds. The molecule has 2 heterocycles. The van der Waals surface area contributed by atoms with E-state index < -0.39 is 0 Å². The molecular weight excluding hydrogens is 372 g/mol. The summed E-state index contributed by atoms with van der Waals surface area (Å²) in [6.45, 7) is 1.40. The van der Waals surface area contributed by atoms with Crippen LogP contribution in [0.4, 0.5) is 0 Å². The molecule has 1 aliphatic heterocycles. The van der Waals surface area contributed by atoms with Crippen LogP contribution in [0.3, 0.4) is 0 Å². The highest BCUT2D eigenvalue weighted by Crippen LogP contribution is 2.44. The van der Waals surface area contributed by atoms with E-state index in [4.69, 9.17) is 0 Å². The summed E-state index contributed by atoms with van der Waals surface area (Å²) >= 11 is 0. The first-order valence-electron chi connectivity index (χ1n) is 10.8. The number of aliphatic hydroxyl groups is 1. The number of hydrogen-bond acceptors (Lipinski definition) is 3. The Morgan fingerprint density at radius 2 is 1.80 bits per heavy atom. The van der Waals surface area contributed by atoms with Crippen molar-refractivity contribution in [1.82, 2.24) is 9.88 Å². The summed E-state index contributed by atoms with van der Waals surface area (Å²) in [5.41, 5.74) is 6.48. The summed E-state index contributed by atoms with van der Waals surface area (Å²) in [6, 6.07) is 20.5. The second-order valence-electron chi connectivity index (χ2n) is 8.38. The Morgan fingerprint density at radius 3 is 2.57 bits per heavy atom. The molecule has 2 fully saturated rings. The molecule has 152 valence electrons. The highest BCUT2D eigenvalue weighted by Gasteiger charge is 2.30. The van der Waals surface area contributed by atoms with Gasteiger partial charge < -0.3 is 10.0 Å². The molecule has 1 aliphatic carbocycles. The van der Waals surface area contributed by atoms with E-state index in [1.165, 1.54) is 29.5 Å². The van der Waals surface area contributed by atoms with E-state index in [2.05, 4.69) is 47.4 Å². The average molecular weight is 399 g/mol. The first kappa shape index (κ1) is 19.0. The lowest BCUT2D eigenvalue weighted by Crippen LogP contribution is -2.29. The third-order valence-corrected chi connectivity index (χ3v) is 6.40. The number of aliphatic hydroxyl groups excluding tert-OH is 1. The molecule has 0 unspecified atom stereocenters. The van der Waals surface area contributed by atoms with Gasteiger partial charge in [0.1, 0.15) is 5.69 Å². The van der Waals surface area contributed by atoms with Crippen LogP contribution in [0.15, 0.2) is 66.9 Å². The lowest BCUT2D eigenvalue weighted by molar-refractivity contribution is 0.0785. The van der Waals surface area contributed by atoms with Crippen LogP contribution in [0, 0.1) is 0 Å². The minimum atomic E-state index is -0.0152. The van der Waals surface area contributed by atoms with Gasteiger partial charge in [0.25, 0.3) is 5.91 Å². The molecule has 0 radical (unpaired) electrons. The van der Waals surface area contributed by atoms with Crippen LogP contribution in [0.5, 0.6) is 0 Å². The minimum absolute atomic E-state index is 0.0133. The molecule has 1 saturated carbocycles. The number of aromatic nitrogens is 1. The Bertz CT molecular complexity index is 1060. The van der Waals surface area contributed by atoms with Gasteiger partial charge in [0.15, 0.2) is 0 Å². The fourth-order valence-corrected chi connectivity index (χ4v) is 4.67. The van der Waals surface area contributed by atoms with E-state index in [0.717, 1.165) is 24.1 Å². The molecule has 30 heavy (non-hydrogen) atoms. The quantitative estimate of drug-likeness (QED) is 0.675. The number of hydrogen-bond donors (Lipinski definition) is 1. The van der Waals surface area contributed by atoms with Crippen molar-refractivity contribution in [2.75, 3.05) is 13.1 Å². The van der Waals surface area contributed by atoms with E-state index in [0.29, 0.717) is 18.2 Å². The maximum atomic E-state index is 12.7. The molecule has 4 nitrogen and oxygen atoms in total. The van der Waals surface area contributed by atoms with Crippen molar-refractivity contribution >= 4 is 5.91 Å². The standard InChI is InChI=1S/C26H26N2O2/c29-17-21-15-19(24-6-2-1-5-23(24)18-8-9-18)10-11-22(21)20-12-14-28(16-20)26(30)25-7-3-4-13-27-25/h1-7,10-11,13,15,18,20,29H,8-9,12,14,16-17H2/t20-/m0/s1. The van der Waals surface area contributed by atoms with Gasteiger partial charge in [-0.1, -0.05) is 42.5 Å². The van der Waals surface area contributed by atoms with Crippen molar-refractivity contribution in [3.8, 4) is 11.1 Å². The van der Waals surface area contributed by atoms with E-state index in [9.17, 15) is 9.90 Å². The Kier molecular flexibility index (Phi) is 5.09. The number of rotatable bonds is 5. The van der Waals surface area contributed by atoms with Crippen LogP contribution < -0.4 is 0 Å². The van der Waals surface area contributed by atoms with Crippen LogP contribution in [0.2, 0.25) is 0 Å². The summed E-state index contributed by atoms with van der Waals surface area (Å²) in [5, 5.41) is 10.1. The normalized spacial score (nSPS) is 18.6. The molecule has 0 bridgehead atoms. The summed E-state index contributed by atoms with van der Waals surface area (Å²) in [4.78, 5) is 18.8. The van der Waals surface area contributed by atoms with Crippen LogP contribution in [-0.2, 0) is 6.61 Å². The van der Waals surface area contributed by atoms with E-state index in [-0.39, 0.29) is 18.4 Å². The number of pyridine rings is 1. The van der Waals surface area contributed by atoms with Gasteiger partial charge in [-0.05, 0) is 71.2 Å². The summed E-state index contributed by atoms with van der Waals surface area (Å²) < 4.78 is 0. The molecule has 3 aromatic rings. The zero-order chi connectivity index (χ0) is 20.5. The second-order valence-corrected chi connectivity index (χ2v) is 8.38. The Labute approximate surface area is 177 Å². The van der Waals surface area contributed by atoms with Gasteiger partial charge in [0.05, 0.1) is 6.61 Å². The largest absolute Gasteiger partial charge is 0.392 e. The first-order chi connectivity index (χ1) is 14.7. The molecule has 2 aromatic carbocycles. The molecule has 1 atom stereocenters. The Hall–Kier alpha value is -2.98. The lowest BCUT2D eigenvalue weighted by Gasteiger charge is -2.19. The van der Waals surface area contributed by atoms with Crippen molar-refractivity contribution in [3.63, 3.8) is 0 Å². The molecule has 2 aliphatic rings. The number of carbonyl (C=O) groups is 1. The number of carbonyl (C=O) groups excluding carboxylic acids is 1. The smallest absolute Gasteiger partial charge is 0.272 e. The van der Waals surface area contributed by atoms with Crippen molar-refractivity contribution in [3.05, 3.63) is 89.2 Å². The maximum Gasteiger partial charge on any atom is 0.272 e. The number of benzene rings is 2. The van der Waals surface area contributed by atoms with E-state index in [1.807, 2.05) is 17.0 Å². The molecule has 1 saturated heterocycles. The predicted octanol–water partition coefficient (Wildman–Crippen LogP) is 4.75. The van der Waals surface area contributed by atoms with Gasteiger partial charge in [-0.15, -0.1) is 0 Å². The topological polar surface area (TPSA) is 53.4 Å². The Morgan fingerprint density at radius 1 is 0.967 bits per heavy atom. The van der Waals surface area contributed by atoms with Crippen LogP contribution in [-0.4, -0.2) is 34.0 Å². The van der Waals surface area contributed by atoms with Crippen LogP contribution in [0.1, 0.15) is 58.3 Å². The van der Waals surface area contributed by atoms with Crippen molar-refractivity contribution in [2.24, 2.45) is 0 Å². The minimum Gasteiger partial charge on any atom is -0.392 e. The van der Waals surface area contributed by atoms with Gasteiger partial charge in [0.2, 0.25) is 0 Å². The SMILES string of the molecule is O=C(c1ccccn1)N1CC[C@H](c2ccc(-c3ccccc3C3CC3)cc2CO)C1. The summed E-state index contributed by atoms with van der Waals surface area (Å²) in [5.74, 6) is 0.908. The van der Waals surface area contributed by atoms with E-state index in [1.54, 1.807) is 12.3 Å². The van der Waals surface area contributed by atoms with E-state index >= 15 is 0 Å². The number of nitrogens with zero attached hydrogens (tertiary/aromatic N) is 2. The molecule has 1 N–H and O–H groups in total. The molecule has 5 rings (SSSR count). The fourth-order valence-electron chi connectivity index (χ4n) is 4.67. The predicted molar refractivity (Wildman–Crippen MR) is 117 cm³/mol. The van der Waals surface area contributed by atoms with Crippen LogP contribution >= 0.6 is 0 Å². The summed E-state index contributed by atoms with van der Waals surface area (Å²) in [6.07, 6.45) is 5.10. The lowest BCUT2D eigenvalue weighted by atomic mass is 9.89.